The van der Waals surface area contributed by atoms with Gasteiger partial charge in [-0.2, -0.15) is 0 Å². The van der Waals surface area contributed by atoms with Crippen molar-refractivity contribution in [3.8, 4) is 0 Å². The molecule has 0 bridgehead atoms. The number of aromatic nitrogens is 4. The molecule has 0 spiro atoms. The Bertz CT molecular complexity index is 1060. The molecule has 1 aromatic carbocycles. The van der Waals surface area contributed by atoms with Crippen molar-refractivity contribution in [2.75, 3.05) is 11.1 Å². The zero-order chi connectivity index (χ0) is 20.4. The minimum atomic E-state index is -0.345. The van der Waals surface area contributed by atoms with Gasteiger partial charge in [-0.15, -0.1) is 0 Å². The fourth-order valence-electron chi connectivity index (χ4n) is 3.59. The molecule has 0 radical (unpaired) electrons. The second-order valence-corrected chi connectivity index (χ2v) is 7.68. The average Bonchev–Trinajstić information content (AvgIpc) is 2.70. The summed E-state index contributed by atoms with van der Waals surface area (Å²) in [6.45, 7) is 0. The first-order valence-corrected chi connectivity index (χ1v) is 10.0. The van der Waals surface area contributed by atoms with E-state index in [9.17, 15) is 4.79 Å². The van der Waals surface area contributed by atoms with Crippen molar-refractivity contribution in [3.05, 3.63) is 46.6 Å². The van der Waals surface area contributed by atoms with E-state index in [-0.39, 0.29) is 34.8 Å². The SMILES string of the molecule is Nc1nccnc1C(=O)N[C@H]1CCCC[C@H]1Nc1nc(Cl)nc2ccc(Cl)cc12. The summed E-state index contributed by atoms with van der Waals surface area (Å²) < 4.78 is 0. The zero-order valence-corrected chi connectivity index (χ0v) is 16.9. The summed E-state index contributed by atoms with van der Waals surface area (Å²) >= 11 is 12.3. The fraction of sp³-hybridized carbons (Fsp3) is 0.316. The van der Waals surface area contributed by atoms with Crippen LogP contribution in [0.4, 0.5) is 11.6 Å². The highest BCUT2D eigenvalue weighted by Gasteiger charge is 2.28. The number of benzene rings is 1. The van der Waals surface area contributed by atoms with Gasteiger partial charge in [-0.05, 0) is 42.6 Å². The third kappa shape index (κ3) is 4.33. The van der Waals surface area contributed by atoms with Crippen LogP contribution in [-0.2, 0) is 0 Å². The molecule has 150 valence electrons. The van der Waals surface area contributed by atoms with Gasteiger partial charge < -0.3 is 16.4 Å². The number of hydrogen-bond donors (Lipinski definition) is 3. The summed E-state index contributed by atoms with van der Waals surface area (Å²) in [5.74, 6) is 0.351. The summed E-state index contributed by atoms with van der Waals surface area (Å²) in [5, 5.41) is 7.97. The molecule has 0 unspecified atom stereocenters. The van der Waals surface area contributed by atoms with Crippen LogP contribution in [0.5, 0.6) is 0 Å². The van der Waals surface area contributed by atoms with Crippen molar-refractivity contribution in [1.29, 1.82) is 0 Å². The Labute approximate surface area is 177 Å². The summed E-state index contributed by atoms with van der Waals surface area (Å²) in [5.41, 5.74) is 6.60. The van der Waals surface area contributed by atoms with Crippen molar-refractivity contribution in [3.63, 3.8) is 0 Å². The third-order valence-electron chi connectivity index (χ3n) is 4.98. The number of nitrogens with one attached hydrogen (secondary N) is 2. The number of carbonyl (C=O) groups is 1. The first kappa shape index (κ1) is 19.6. The molecule has 2 heterocycles. The minimum Gasteiger partial charge on any atom is -0.382 e. The molecule has 29 heavy (non-hydrogen) atoms. The second kappa shape index (κ2) is 8.34. The van der Waals surface area contributed by atoms with Crippen LogP contribution in [0.15, 0.2) is 30.6 Å². The Balaban J connectivity index is 1.59. The molecule has 2 atom stereocenters. The van der Waals surface area contributed by atoms with E-state index in [4.69, 9.17) is 28.9 Å². The van der Waals surface area contributed by atoms with Crippen molar-refractivity contribution < 1.29 is 4.79 Å². The fourth-order valence-corrected chi connectivity index (χ4v) is 3.94. The van der Waals surface area contributed by atoms with Gasteiger partial charge in [0.2, 0.25) is 5.28 Å². The van der Waals surface area contributed by atoms with Gasteiger partial charge in [0.15, 0.2) is 11.5 Å². The van der Waals surface area contributed by atoms with Crippen molar-refractivity contribution in [2.24, 2.45) is 0 Å². The standard InChI is InChI=1S/C19H19Cl2N7O/c20-10-5-6-12-11(9-10)17(28-19(21)27-12)25-13-3-1-2-4-14(13)26-18(29)15-16(22)24-8-7-23-15/h5-9,13-14H,1-4H2,(H2,22,24)(H,26,29)(H,25,27,28)/t13-,14+/m1/s1. The van der Waals surface area contributed by atoms with E-state index in [1.807, 2.05) is 0 Å². The summed E-state index contributed by atoms with van der Waals surface area (Å²) in [6.07, 6.45) is 6.63. The molecule has 2 aromatic heterocycles. The maximum absolute atomic E-state index is 12.7. The first-order valence-electron chi connectivity index (χ1n) is 9.28. The van der Waals surface area contributed by atoms with Crippen LogP contribution in [0, 0.1) is 0 Å². The maximum Gasteiger partial charge on any atom is 0.274 e. The topological polar surface area (TPSA) is 119 Å². The van der Waals surface area contributed by atoms with Crippen LogP contribution in [0.3, 0.4) is 0 Å². The Hall–Kier alpha value is -2.71. The molecule has 1 aliphatic carbocycles. The molecule has 1 saturated carbocycles. The monoisotopic (exact) mass is 431 g/mol. The van der Waals surface area contributed by atoms with E-state index in [2.05, 4.69) is 30.6 Å². The van der Waals surface area contributed by atoms with Crippen LogP contribution >= 0.6 is 23.2 Å². The largest absolute Gasteiger partial charge is 0.382 e. The van der Waals surface area contributed by atoms with Crippen LogP contribution in [0.1, 0.15) is 36.2 Å². The number of amides is 1. The van der Waals surface area contributed by atoms with E-state index < -0.39 is 0 Å². The highest BCUT2D eigenvalue weighted by molar-refractivity contribution is 6.31. The van der Waals surface area contributed by atoms with Crippen LogP contribution in [0.2, 0.25) is 10.3 Å². The third-order valence-corrected chi connectivity index (χ3v) is 5.38. The van der Waals surface area contributed by atoms with Gasteiger partial charge in [-0.25, -0.2) is 19.9 Å². The van der Waals surface area contributed by atoms with E-state index in [0.717, 1.165) is 31.1 Å². The van der Waals surface area contributed by atoms with E-state index >= 15 is 0 Å². The van der Waals surface area contributed by atoms with Gasteiger partial charge in [0.1, 0.15) is 5.82 Å². The van der Waals surface area contributed by atoms with Gasteiger partial charge in [0.25, 0.3) is 5.91 Å². The molecular formula is C19H19Cl2N7O. The van der Waals surface area contributed by atoms with E-state index in [1.54, 1.807) is 18.2 Å². The molecule has 4 rings (SSSR count). The van der Waals surface area contributed by atoms with Gasteiger partial charge in [0.05, 0.1) is 5.52 Å². The molecular weight excluding hydrogens is 413 g/mol. The second-order valence-electron chi connectivity index (χ2n) is 6.91. The number of rotatable bonds is 4. The predicted molar refractivity (Wildman–Crippen MR) is 113 cm³/mol. The highest BCUT2D eigenvalue weighted by Crippen LogP contribution is 2.29. The summed E-state index contributed by atoms with van der Waals surface area (Å²) in [6, 6.07) is 5.19. The van der Waals surface area contributed by atoms with Crippen molar-refractivity contribution >= 4 is 51.6 Å². The summed E-state index contributed by atoms with van der Waals surface area (Å²) in [7, 11) is 0. The number of halogens is 2. The molecule has 0 aliphatic heterocycles. The lowest BCUT2D eigenvalue weighted by Gasteiger charge is -2.33. The molecule has 1 aliphatic rings. The number of anilines is 2. The zero-order valence-electron chi connectivity index (χ0n) is 15.4. The maximum atomic E-state index is 12.7. The van der Waals surface area contributed by atoms with E-state index in [0.29, 0.717) is 16.4 Å². The average molecular weight is 432 g/mol. The molecule has 1 fully saturated rings. The Morgan fingerprint density at radius 1 is 1.07 bits per heavy atom. The Morgan fingerprint density at radius 2 is 1.83 bits per heavy atom. The minimum absolute atomic E-state index is 0.0428. The number of nitrogens with zero attached hydrogens (tertiary/aromatic N) is 4. The Kier molecular flexibility index (Phi) is 5.64. The molecule has 10 heteroatoms. The number of hydrogen-bond acceptors (Lipinski definition) is 7. The van der Waals surface area contributed by atoms with Crippen LogP contribution < -0.4 is 16.4 Å². The number of nitrogens with two attached hydrogens (primary N) is 1. The first-order chi connectivity index (χ1) is 14.0. The molecule has 3 aromatic rings. The normalized spacial score (nSPS) is 19.1. The highest BCUT2D eigenvalue weighted by atomic mass is 35.5. The lowest BCUT2D eigenvalue weighted by Crippen LogP contribution is -2.49. The number of carbonyl (C=O) groups excluding carboxylic acids is 1. The number of fused-ring (bicyclic) bond motifs is 1. The lowest BCUT2D eigenvalue weighted by molar-refractivity contribution is 0.0919. The van der Waals surface area contributed by atoms with Crippen LogP contribution in [0.25, 0.3) is 10.9 Å². The van der Waals surface area contributed by atoms with Gasteiger partial charge in [-0.3, -0.25) is 4.79 Å². The molecule has 0 saturated heterocycles. The lowest BCUT2D eigenvalue weighted by atomic mass is 9.90. The van der Waals surface area contributed by atoms with Gasteiger partial charge >= 0.3 is 0 Å². The Morgan fingerprint density at radius 3 is 2.62 bits per heavy atom. The van der Waals surface area contributed by atoms with E-state index in [1.165, 1.54) is 12.4 Å². The van der Waals surface area contributed by atoms with Crippen LogP contribution in [-0.4, -0.2) is 37.9 Å². The predicted octanol–water partition coefficient (Wildman–Crippen LogP) is 3.46. The quantitative estimate of drug-likeness (QED) is 0.540. The number of nitrogen functional groups attached to an aromatic ring is 1. The molecule has 4 N–H and O–H groups in total. The van der Waals surface area contributed by atoms with Gasteiger partial charge in [-0.1, -0.05) is 24.4 Å². The smallest absolute Gasteiger partial charge is 0.274 e. The molecule has 1 amide bonds. The summed E-state index contributed by atoms with van der Waals surface area (Å²) in [4.78, 5) is 29.2. The van der Waals surface area contributed by atoms with Crippen molar-refractivity contribution in [1.82, 2.24) is 25.3 Å². The van der Waals surface area contributed by atoms with Gasteiger partial charge in [0, 0.05) is 34.9 Å². The molecule has 8 nitrogen and oxygen atoms in total. The van der Waals surface area contributed by atoms with Crippen molar-refractivity contribution in [2.45, 2.75) is 37.8 Å².